The van der Waals surface area contributed by atoms with Crippen LogP contribution in [0.4, 0.5) is 0 Å². The molecule has 0 aromatic heterocycles. The minimum atomic E-state index is -2.62. The first-order valence-corrected chi connectivity index (χ1v) is 9.19. The monoisotopic (exact) mass is 392 g/mol. The molecule has 8 N–H and O–H groups in total. The molecule has 2 aromatic carbocycles. The number of phenols is 2. The van der Waals surface area contributed by atoms with Crippen LogP contribution < -0.4 is 0 Å². The Labute approximate surface area is 147 Å². The molecule has 0 heterocycles. The summed E-state index contributed by atoms with van der Waals surface area (Å²) in [5, 5.41) is 18.6. The van der Waals surface area contributed by atoms with Gasteiger partial charge in [-0.15, -0.1) is 0 Å². The molecule has 0 radical (unpaired) electrons. The Morgan fingerprint density at radius 1 is 0.560 bits per heavy atom. The molecule has 10 heteroatoms. The molecule has 0 aliphatic rings. The minimum Gasteiger partial charge on any atom is -0.508 e. The zero-order valence-corrected chi connectivity index (χ0v) is 15.4. The van der Waals surface area contributed by atoms with Crippen molar-refractivity contribution in [2.24, 2.45) is 0 Å². The van der Waals surface area contributed by atoms with E-state index in [9.17, 15) is 10.2 Å². The highest BCUT2D eigenvalue weighted by Crippen LogP contribution is 2.32. The van der Waals surface area contributed by atoms with E-state index in [-0.39, 0.29) is 16.9 Å². The van der Waals surface area contributed by atoms with Crippen LogP contribution in [-0.4, -0.2) is 39.6 Å². The van der Waals surface area contributed by atoms with Crippen molar-refractivity contribution in [1.29, 1.82) is 0 Å². The third kappa shape index (κ3) is 10.3. The van der Waals surface area contributed by atoms with E-state index < -0.39 is 17.2 Å². The summed E-state index contributed by atoms with van der Waals surface area (Å²) < 4.78 is 0. The second kappa shape index (κ2) is 11.3. The van der Waals surface area contributed by atoms with E-state index in [1.165, 1.54) is 0 Å². The summed E-state index contributed by atoms with van der Waals surface area (Å²) >= 11 is 0. The number of aromatic hydroxyl groups is 2. The van der Waals surface area contributed by atoms with E-state index in [2.05, 4.69) is 13.8 Å². The number of hydrogen-bond acceptors (Lipinski definition) is 8. The lowest BCUT2D eigenvalue weighted by molar-refractivity contribution is 0.366. The van der Waals surface area contributed by atoms with E-state index in [1.807, 2.05) is 24.3 Å². The first-order valence-electron chi connectivity index (χ1n) is 6.79. The molecular weight excluding hydrogens is 370 g/mol. The molecule has 8 nitrogen and oxygen atoms in total. The van der Waals surface area contributed by atoms with Gasteiger partial charge in [-0.25, -0.2) is 0 Å². The Bertz CT molecular complexity index is 541. The van der Waals surface area contributed by atoms with Crippen LogP contribution in [0.25, 0.3) is 0 Å². The van der Waals surface area contributed by atoms with Gasteiger partial charge in [0.1, 0.15) is 11.5 Å². The summed E-state index contributed by atoms with van der Waals surface area (Å²) in [7, 11) is -5.24. The fourth-order valence-corrected chi connectivity index (χ4v) is 1.92. The Balaban J connectivity index is 0.000000609. The molecule has 0 atom stereocenters. The standard InChI is InChI=1S/C15H16O2.2H3O3P/c1-15(2,11-3-7-13(16)8-4-11)12-5-9-14(17)10-6-12;2*1-4(2)3/h3-10,16-17H,1-2H3;2*1-3H. The quantitative estimate of drug-likeness (QED) is 0.359. The Morgan fingerprint density at radius 3 is 0.960 bits per heavy atom. The predicted molar refractivity (Wildman–Crippen MR) is 95.5 cm³/mol. The molecular formula is C15H22O8P2. The van der Waals surface area contributed by atoms with E-state index in [4.69, 9.17) is 29.4 Å². The molecule has 0 spiro atoms. The molecule has 2 rings (SSSR count). The van der Waals surface area contributed by atoms with Gasteiger partial charge in [0.15, 0.2) is 0 Å². The maximum Gasteiger partial charge on any atom is 0.324 e. The molecule has 0 aliphatic carbocycles. The average Bonchev–Trinajstić information content (AvgIpc) is 2.47. The molecule has 0 amide bonds. The van der Waals surface area contributed by atoms with Crippen molar-refractivity contribution in [3.63, 3.8) is 0 Å². The largest absolute Gasteiger partial charge is 0.508 e. The molecule has 0 saturated heterocycles. The van der Waals surface area contributed by atoms with Crippen LogP contribution >= 0.6 is 17.2 Å². The van der Waals surface area contributed by atoms with Crippen molar-refractivity contribution in [2.75, 3.05) is 0 Å². The van der Waals surface area contributed by atoms with Gasteiger partial charge < -0.3 is 39.6 Å². The molecule has 2 aromatic rings. The number of benzene rings is 2. The fraction of sp³-hybridized carbons (Fsp3) is 0.200. The highest BCUT2D eigenvalue weighted by molar-refractivity contribution is 7.38. The van der Waals surface area contributed by atoms with Crippen LogP contribution in [0.15, 0.2) is 48.5 Å². The second-order valence-corrected chi connectivity index (χ2v) is 6.33. The maximum atomic E-state index is 9.30. The van der Waals surface area contributed by atoms with Gasteiger partial charge >= 0.3 is 17.2 Å². The molecule has 0 saturated carbocycles. The SMILES string of the molecule is CC(C)(c1ccc(O)cc1)c1ccc(O)cc1.OP(O)O.OP(O)O. The summed E-state index contributed by atoms with van der Waals surface area (Å²) in [6.45, 7) is 4.23. The van der Waals surface area contributed by atoms with Crippen LogP contribution in [0.1, 0.15) is 25.0 Å². The Hall–Kier alpha value is -1.34. The molecule has 0 unspecified atom stereocenters. The highest BCUT2D eigenvalue weighted by atomic mass is 31.2. The van der Waals surface area contributed by atoms with Crippen LogP contribution in [0.2, 0.25) is 0 Å². The Kier molecular flexibility index (Phi) is 10.7. The molecule has 25 heavy (non-hydrogen) atoms. The summed E-state index contributed by atoms with van der Waals surface area (Å²) in [6.07, 6.45) is 0. The van der Waals surface area contributed by atoms with Gasteiger partial charge in [-0.1, -0.05) is 38.1 Å². The zero-order chi connectivity index (χ0) is 19.6. The van der Waals surface area contributed by atoms with Crippen molar-refractivity contribution >= 4 is 17.2 Å². The number of phenolic OH excluding ortho intramolecular Hbond substituents is 2. The van der Waals surface area contributed by atoms with Crippen molar-refractivity contribution in [3.05, 3.63) is 59.7 Å². The zero-order valence-electron chi connectivity index (χ0n) is 13.6. The first kappa shape index (κ1) is 23.7. The highest BCUT2D eigenvalue weighted by Gasteiger charge is 2.22. The summed E-state index contributed by atoms with van der Waals surface area (Å²) in [5.41, 5.74) is 2.10. The van der Waals surface area contributed by atoms with Crippen LogP contribution in [0, 0.1) is 0 Å². The summed E-state index contributed by atoms with van der Waals surface area (Å²) in [6, 6.07) is 14.4. The third-order valence-electron chi connectivity index (χ3n) is 3.18. The van der Waals surface area contributed by atoms with E-state index >= 15 is 0 Å². The summed E-state index contributed by atoms with van der Waals surface area (Å²) in [4.78, 5) is 43.4. The first-order chi connectivity index (χ1) is 11.5. The van der Waals surface area contributed by atoms with Gasteiger partial charge in [-0.05, 0) is 35.4 Å². The van der Waals surface area contributed by atoms with Crippen molar-refractivity contribution in [1.82, 2.24) is 0 Å². The van der Waals surface area contributed by atoms with Crippen molar-refractivity contribution < 1.29 is 39.6 Å². The average molecular weight is 392 g/mol. The summed E-state index contributed by atoms with van der Waals surface area (Å²) in [5.74, 6) is 0.547. The predicted octanol–water partition coefficient (Wildman–Crippen LogP) is 1.80. The van der Waals surface area contributed by atoms with Gasteiger partial charge in [0.25, 0.3) is 0 Å². The van der Waals surface area contributed by atoms with Gasteiger partial charge in [-0.2, -0.15) is 0 Å². The normalized spacial score (nSPS) is 10.6. The van der Waals surface area contributed by atoms with Crippen LogP contribution in [0.5, 0.6) is 11.5 Å². The topological polar surface area (TPSA) is 162 Å². The number of rotatable bonds is 2. The van der Waals surface area contributed by atoms with Gasteiger partial charge in [0.05, 0.1) is 0 Å². The maximum absolute atomic E-state index is 9.30. The molecule has 140 valence electrons. The lowest BCUT2D eigenvalue weighted by Crippen LogP contribution is -2.18. The van der Waals surface area contributed by atoms with Crippen LogP contribution in [-0.2, 0) is 5.41 Å². The van der Waals surface area contributed by atoms with E-state index in [0.29, 0.717) is 0 Å². The Morgan fingerprint density at radius 2 is 0.760 bits per heavy atom. The lowest BCUT2D eigenvalue weighted by atomic mass is 9.78. The molecule has 0 aliphatic heterocycles. The second-order valence-electron chi connectivity index (χ2n) is 5.26. The molecule has 0 bridgehead atoms. The third-order valence-corrected chi connectivity index (χ3v) is 3.18. The van der Waals surface area contributed by atoms with Gasteiger partial charge in [0.2, 0.25) is 0 Å². The van der Waals surface area contributed by atoms with Crippen molar-refractivity contribution in [3.8, 4) is 11.5 Å². The van der Waals surface area contributed by atoms with Gasteiger partial charge in [0, 0.05) is 5.41 Å². The van der Waals surface area contributed by atoms with E-state index in [0.717, 1.165) is 11.1 Å². The molecule has 0 fully saturated rings. The van der Waals surface area contributed by atoms with Crippen LogP contribution in [0.3, 0.4) is 0 Å². The van der Waals surface area contributed by atoms with Gasteiger partial charge in [-0.3, -0.25) is 0 Å². The number of hydrogen-bond donors (Lipinski definition) is 8. The smallest absolute Gasteiger partial charge is 0.324 e. The fourth-order valence-electron chi connectivity index (χ4n) is 1.92. The van der Waals surface area contributed by atoms with Crippen molar-refractivity contribution in [2.45, 2.75) is 19.3 Å². The lowest BCUT2D eigenvalue weighted by Gasteiger charge is -2.26. The minimum absolute atomic E-state index is 0.151. The van der Waals surface area contributed by atoms with E-state index in [1.54, 1.807) is 24.3 Å².